The Hall–Kier alpha value is -1.10. The van der Waals surface area contributed by atoms with Gasteiger partial charge in [0, 0.05) is 6.04 Å². The molecule has 0 heterocycles. The predicted octanol–water partition coefficient (Wildman–Crippen LogP) is 0.990. The van der Waals surface area contributed by atoms with Gasteiger partial charge in [-0.15, -0.1) is 0 Å². The zero-order valence-corrected chi connectivity index (χ0v) is 11.1. The first-order valence-electron chi connectivity index (χ1n) is 6.12. The summed E-state index contributed by atoms with van der Waals surface area (Å²) in [6, 6.07) is -0.532. The van der Waals surface area contributed by atoms with Crippen LogP contribution in [0.5, 0.6) is 0 Å². The van der Waals surface area contributed by atoms with Crippen LogP contribution in [-0.2, 0) is 9.59 Å². The van der Waals surface area contributed by atoms with Crippen molar-refractivity contribution >= 4 is 11.9 Å². The minimum absolute atomic E-state index is 0.164. The largest absolute Gasteiger partial charge is 0.480 e. The summed E-state index contributed by atoms with van der Waals surface area (Å²) in [7, 11) is 0. The SMILES string of the molecule is CCC(C)NCC(=O)N[C@H](CC(C)C)C(=O)O. The first kappa shape index (κ1) is 15.9. The van der Waals surface area contributed by atoms with Gasteiger partial charge < -0.3 is 15.7 Å². The van der Waals surface area contributed by atoms with Crippen LogP contribution in [0.25, 0.3) is 0 Å². The number of carboxylic acid groups (broad SMARTS) is 1. The van der Waals surface area contributed by atoms with Crippen molar-refractivity contribution in [1.82, 2.24) is 10.6 Å². The zero-order chi connectivity index (χ0) is 13.4. The van der Waals surface area contributed by atoms with E-state index in [-0.39, 0.29) is 24.4 Å². The molecule has 2 atom stereocenters. The molecule has 0 aliphatic carbocycles. The predicted molar refractivity (Wildman–Crippen MR) is 66.8 cm³/mol. The summed E-state index contributed by atoms with van der Waals surface area (Å²) < 4.78 is 0. The third kappa shape index (κ3) is 7.74. The second-order valence-corrected chi connectivity index (χ2v) is 4.78. The average molecular weight is 244 g/mol. The van der Waals surface area contributed by atoms with E-state index in [0.29, 0.717) is 6.42 Å². The lowest BCUT2D eigenvalue weighted by molar-refractivity contribution is -0.142. The molecule has 0 bridgehead atoms. The van der Waals surface area contributed by atoms with Crippen molar-refractivity contribution in [3.63, 3.8) is 0 Å². The Bertz CT molecular complexity index is 254. The minimum atomic E-state index is -0.976. The number of nitrogens with one attached hydrogen (secondary N) is 2. The molecule has 0 fully saturated rings. The van der Waals surface area contributed by atoms with Crippen molar-refractivity contribution in [2.45, 2.75) is 52.6 Å². The Morgan fingerprint density at radius 2 is 1.82 bits per heavy atom. The maximum atomic E-state index is 11.5. The molecule has 100 valence electrons. The Kier molecular flexibility index (Phi) is 7.54. The molecule has 3 N–H and O–H groups in total. The van der Waals surface area contributed by atoms with Crippen LogP contribution in [0.15, 0.2) is 0 Å². The van der Waals surface area contributed by atoms with Crippen LogP contribution in [0.1, 0.15) is 40.5 Å². The lowest BCUT2D eigenvalue weighted by Gasteiger charge is -2.17. The van der Waals surface area contributed by atoms with Crippen molar-refractivity contribution in [2.75, 3.05) is 6.54 Å². The van der Waals surface area contributed by atoms with Crippen LogP contribution in [0, 0.1) is 5.92 Å². The zero-order valence-electron chi connectivity index (χ0n) is 11.1. The maximum Gasteiger partial charge on any atom is 0.326 e. The van der Waals surface area contributed by atoms with Crippen molar-refractivity contribution in [3.8, 4) is 0 Å². The molecule has 0 saturated heterocycles. The Labute approximate surface area is 103 Å². The summed E-state index contributed by atoms with van der Waals surface area (Å²) in [5.74, 6) is -1.01. The monoisotopic (exact) mass is 244 g/mol. The number of carbonyl (C=O) groups is 2. The van der Waals surface area contributed by atoms with Crippen molar-refractivity contribution in [2.24, 2.45) is 5.92 Å². The molecule has 0 aliphatic heterocycles. The fraction of sp³-hybridized carbons (Fsp3) is 0.833. The van der Waals surface area contributed by atoms with Crippen LogP contribution < -0.4 is 10.6 Å². The van der Waals surface area contributed by atoms with Gasteiger partial charge in [0.05, 0.1) is 6.54 Å². The molecule has 17 heavy (non-hydrogen) atoms. The van der Waals surface area contributed by atoms with E-state index in [1.807, 2.05) is 27.7 Å². The number of hydrogen-bond donors (Lipinski definition) is 3. The molecular formula is C12H24N2O3. The number of aliphatic carboxylic acids is 1. The summed E-state index contributed by atoms with van der Waals surface area (Å²) in [4.78, 5) is 22.5. The minimum Gasteiger partial charge on any atom is -0.480 e. The van der Waals surface area contributed by atoms with Crippen LogP contribution in [0.4, 0.5) is 0 Å². The highest BCUT2D eigenvalue weighted by Crippen LogP contribution is 2.04. The first-order chi connectivity index (χ1) is 7.86. The van der Waals surface area contributed by atoms with E-state index >= 15 is 0 Å². The van der Waals surface area contributed by atoms with E-state index in [9.17, 15) is 9.59 Å². The summed E-state index contributed by atoms with van der Waals surface area (Å²) in [5.41, 5.74) is 0. The van der Waals surface area contributed by atoms with Gasteiger partial charge in [0.25, 0.3) is 0 Å². The molecule has 0 aromatic heterocycles. The van der Waals surface area contributed by atoms with E-state index in [1.54, 1.807) is 0 Å². The van der Waals surface area contributed by atoms with E-state index in [4.69, 9.17) is 5.11 Å². The quantitative estimate of drug-likeness (QED) is 0.595. The maximum absolute atomic E-state index is 11.5. The van der Waals surface area contributed by atoms with Gasteiger partial charge in [-0.2, -0.15) is 0 Å². The molecule has 0 aromatic carbocycles. The molecule has 0 aromatic rings. The smallest absolute Gasteiger partial charge is 0.326 e. The van der Waals surface area contributed by atoms with Crippen molar-refractivity contribution < 1.29 is 14.7 Å². The van der Waals surface area contributed by atoms with Crippen molar-refractivity contribution in [1.29, 1.82) is 0 Å². The fourth-order valence-electron chi connectivity index (χ4n) is 1.35. The van der Waals surface area contributed by atoms with E-state index in [2.05, 4.69) is 10.6 Å². The molecule has 0 spiro atoms. The first-order valence-corrected chi connectivity index (χ1v) is 6.12. The number of amides is 1. The van der Waals surface area contributed by atoms with Gasteiger partial charge in [0.1, 0.15) is 6.04 Å². The highest BCUT2D eigenvalue weighted by Gasteiger charge is 2.20. The summed E-state index contributed by atoms with van der Waals surface area (Å²) >= 11 is 0. The molecule has 5 nitrogen and oxygen atoms in total. The number of carboxylic acids is 1. The second-order valence-electron chi connectivity index (χ2n) is 4.78. The fourth-order valence-corrected chi connectivity index (χ4v) is 1.35. The number of hydrogen-bond acceptors (Lipinski definition) is 3. The average Bonchev–Trinajstić information content (AvgIpc) is 2.24. The van der Waals surface area contributed by atoms with Gasteiger partial charge in [-0.3, -0.25) is 4.79 Å². The number of rotatable bonds is 8. The van der Waals surface area contributed by atoms with E-state index in [1.165, 1.54) is 0 Å². The Morgan fingerprint density at radius 1 is 1.24 bits per heavy atom. The summed E-state index contributed by atoms with van der Waals surface area (Å²) in [5, 5.41) is 14.5. The van der Waals surface area contributed by atoms with Gasteiger partial charge in [0.2, 0.25) is 5.91 Å². The summed E-state index contributed by atoms with van der Waals surface area (Å²) in [6.45, 7) is 8.03. The molecule has 0 saturated carbocycles. The van der Waals surface area contributed by atoms with Gasteiger partial charge >= 0.3 is 5.97 Å². The Balaban J connectivity index is 4.08. The third-order valence-corrected chi connectivity index (χ3v) is 2.56. The molecule has 1 unspecified atom stereocenters. The molecular weight excluding hydrogens is 220 g/mol. The molecule has 0 radical (unpaired) electrons. The van der Waals surface area contributed by atoms with Crippen LogP contribution >= 0.6 is 0 Å². The van der Waals surface area contributed by atoms with Gasteiger partial charge in [-0.05, 0) is 25.7 Å². The lowest BCUT2D eigenvalue weighted by atomic mass is 10.0. The van der Waals surface area contributed by atoms with Gasteiger partial charge in [-0.25, -0.2) is 4.79 Å². The standard InChI is InChI=1S/C12H24N2O3/c1-5-9(4)13-7-11(15)14-10(12(16)17)6-8(2)3/h8-10,13H,5-7H2,1-4H3,(H,14,15)(H,16,17)/t9?,10-/m1/s1. The van der Waals surface area contributed by atoms with Crippen LogP contribution in [0.3, 0.4) is 0 Å². The van der Waals surface area contributed by atoms with E-state index < -0.39 is 12.0 Å². The van der Waals surface area contributed by atoms with Gasteiger partial charge in [0.15, 0.2) is 0 Å². The highest BCUT2D eigenvalue weighted by atomic mass is 16.4. The molecule has 1 amide bonds. The topological polar surface area (TPSA) is 78.4 Å². The highest BCUT2D eigenvalue weighted by molar-refractivity contribution is 5.84. The Morgan fingerprint density at radius 3 is 2.24 bits per heavy atom. The molecule has 0 rings (SSSR count). The lowest BCUT2D eigenvalue weighted by Crippen LogP contribution is -2.46. The van der Waals surface area contributed by atoms with Crippen molar-refractivity contribution in [3.05, 3.63) is 0 Å². The second kappa shape index (κ2) is 8.06. The van der Waals surface area contributed by atoms with Crippen LogP contribution in [-0.4, -0.2) is 35.6 Å². The molecule has 0 aliphatic rings. The molecule has 5 heteroatoms. The summed E-state index contributed by atoms with van der Waals surface area (Å²) in [6.07, 6.45) is 1.38. The van der Waals surface area contributed by atoms with Gasteiger partial charge in [-0.1, -0.05) is 20.8 Å². The third-order valence-electron chi connectivity index (χ3n) is 2.56. The number of carbonyl (C=O) groups excluding carboxylic acids is 1. The van der Waals surface area contributed by atoms with E-state index in [0.717, 1.165) is 6.42 Å². The normalized spacial score (nSPS) is 14.4. The van der Waals surface area contributed by atoms with Crippen LogP contribution in [0.2, 0.25) is 0 Å².